The van der Waals surface area contributed by atoms with Gasteiger partial charge in [-0.1, -0.05) is 71.4 Å². The van der Waals surface area contributed by atoms with Crippen LogP contribution in [0.15, 0.2) is 114 Å². The Bertz CT molecular complexity index is 1220. The van der Waals surface area contributed by atoms with Crippen LogP contribution in [0.2, 0.25) is 0 Å². The van der Waals surface area contributed by atoms with Crippen LogP contribution in [0, 0.1) is 12.8 Å². The summed E-state index contributed by atoms with van der Waals surface area (Å²) in [6.45, 7) is 2.75. The molecule has 2 atom stereocenters. The minimum atomic E-state index is -0.203. The van der Waals surface area contributed by atoms with Gasteiger partial charge in [-0.15, -0.1) is 0 Å². The molecule has 0 saturated carbocycles. The van der Waals surface area contributed by atoms with Gasteiger partial charge in [0.2, 0.25) is 0 Å². The van der Waals surface area contributed by atoms with E-state index in [4.69, 9.17) is 9.57 Å². The van der Waals surface area contributed by atoms with Gasteiger partial charge in [-0.25, -0.2) is 0 Å². The first-order chi connectivity index (χ1) is 17.2. The van der Waals surface area contributed by atoms with Gasteiger partial charge < -0.3 is 14.9 Å². The standard InChI is InChI=1S/C30H29N3O2/c1-22-13-15-23(16-14-22)29-28(21-31-24-17-19-27(34-2)20-18-24)30(32-35-29)33(25-9-5-3-6-10-25)26-11-7-4-8-12-26/h3-20,28-29,31H,21H2,1-2H3. The lowest BCUT2D eigenvalue weighted by molar-refractivity contribution is 0.0640. The minimum absolute atomic E-state index is 0.0276. The molecule has 0 radical (unpaired) electrons. The van der Waals surface area contributed by atoms with Crippen LogP contribution < -0.4 is 15.0 Å². The average molecular weight is 464 g/mol. The zero-order chi connectivity index (χ0) is 24.0. The van der Waals surface area contributed by atoms with Crippen LogP contribution in [0.5, 0.6) is 5.75 Å². The Morgan fingerprint density at radius 3 is 1.97 bits per heavy atom. The third-order valence-electron chi connectivity index (χ3n) is 6.24. The topological polar surface area (TPSA) is 46.1 Å². The molecule has 1 aliphatic rings. The van der Waals surface area contributed by atoms with Crippen LogP contribution in [0.1, 0.15) is 17.2 Å². The van der Waals surface area contributed by atoms with E-state index in [1.54, 1.807) is 7.11 Å². The second-order valence-electron chi connectivity index (χ2n) is 8.61. The second kappa shape index (κ2) is 10.3. The van der Waals surface area contributed by atoms with Crippen molar-refractivity contribution in [2.24, 2.45) is 11.1 Å². The molecule has 1 heterocycles. The summed E-state index contributed by atoms with van der Waals surface area (Å²) in [5.74, 6) is 1.67. The molecule has 0 spiro atoms. The van der Waals surface area contributed by atoms with Crippen molar-refractivity contribution in [3.05, 3.63) is 120 Å². The third-order valence-corrected chi connectivity index (χ3v) is 6.24. The van der Waals surface area contributed by atoms with Crippen LogP contribution >= 0.6 is 0 Å². The van der Waals surface area contributed by atoms with Crippen molar-refractivity contribution >= 4 is 22.9 Å². The second-order valence-corrected chi connectivity index (χ2v) is 8.61. The molecule has 0 saturated heterocycles. The van der Waals surface area contributed by atoms with Crippen LogP contribution in [0.25, 0.3) is 0 Å². The lowest BCUT2D eigenvalue weighted by atomic mass is 9.93. The first-order valence-corrected chi connectivity index (χ1v) is 11.8. The van der Waals surface area contributed by atoms with Gasteiger partial charge in [0.1, 0.15) is 5.75 Å². The Morgan fingerprint density at radius 2 is 1.40 bits per heavy atom. The Morgan fingerprint density at radius 1 is 0.800 bits per heavy atom. The molecule has 0 aromatic heterocycles. The lowest BCUT2D eigenvalue weighted by Gasteiger charge is -2.29. The number of rotatable bonds is 7. The van der Waals surface area contributed by atoms with Gasteiger partial charge in [-0.2, -0.15) is 0 Å². The maximum atomic E-state index is 6.14. The fraction of sp³-hybridized carbons (Fsp3) is 0.167. The highest BCUT2D eigenvalue weighted by Gasteiger charge is 2.39. The molecular formula is C30H29N3O2. The van der Waals surface area contributed by atoms with Gasteiger partial charge in [0.15, 0.2) is 11.9 Å². The van der Waals surface area contributed by atoms with E-state index in [1.807, 2.05) is 60.7 Å². The number of hydrogen-bond donors (Lipinski definition) is 1. The van der Waals surface area contributed by atoms with Crippen LogP contribution in [-0.4, -0.2) is 19.5 Å². The van der Waals surface area contributed by atoms with Gasteiger partial charge in [-0.05, 0) is 61.0 Å². The highest BCUT2D eigenvalue weighted by atomic mass is 16.6. The smallest absolute Gasteiger partial charge is 0.164 e. The Hall–Kier alpha value is -4.25. The van der Waals surface area contributed by atoms with Gasteiger partial charge >= 0.3 is 0 Å². The molecule has 5 heteroatoms. The number of anilines is 3. The summed E-state index contributed by atoms with van der Waals surface area (Å²) >= 11 is 0. The number of nitrogens with zero attached hydrogens (tertiary/aromatic N) is 2. The number of para-hydroxylation sites is 2. The molecule has 1 N–H and O–H groups in total. The fourth-order valence-corrected chi connectivity index (χ4v) is 4.35. The molecule has 4 aromatic carbocycles. The van der Waals surface area contributed by atoms with Crippen molar-refractivity contribution in [3.8, 4) is 5.75 Å². The lowest BCUT2D eigenvalue weighted by Crippen LogP contribution is -2.36. The number of benzene rings is 4. The summed E-state index contributed by atoms with van der Waals surface area (Å²) in [6.07, 6.45) is -0.203. The molecule has 2 unspecified atom stereocenters. The van der Waals surface area contributed by atoms with Crippen LogP contribution in [0.3, 0.4) is 0 Å². The highest BCUT2D eigenvalue weighted by Crippen LogP contribution is 2.38. The minimum Gasteiger partial charge on any atom is -0.497 e. The highest BCUT2D eigenvalue weighted by molar-refractivity contribution is 6.06. The van der Waals surface area contributed by atoms with E-state index in [0.29, 0.717) is 6.54 Å². The molecule has 0 aliphatic carbocycles. The summed E-state index contributed by atoms with van der Waals surface area (Å²) in [4.78, 5) is 8.33. The Kier molecular flexibility index (Phi) is 6.66. The fourth-order valence-electron chi connectivity index (χ4n) is 4.35. The number of oxime groups is 1. The average Bonchev–Trinajstić information content (AvgIpc) is 3.33. The zero-order valence-electron chi connectivity index (χ0n) is 20.0. The van der Waals surface area contributed by atoms with Gasteiger partial charge in [0.25, 0.3) is 0 Å². The van der Waals surface area contributed by atoms with Crippen LogP contribution in [0.4, 0.5) is 17.1 Å². The summed E-state index contributed by atoms with van der Waals surface area (Å²) in [7, 11) is 1.68. The first-order valence-electron chi connectivity index (χ1n) is 11.8. The summed E-state index contributed by atoms with van der Waals surface area (Å²) in [5.41, 5.74) is 5.43. The number of hydrogen-bond acceptors (Lipinski definition) is 5. The number of amidine groups is 1. The van der Waals surface area contributed by atoms with E-state index in [1.165, 1.54) is 5.56 Å². The third kappa shape index (κ3) is 4.99. The molecule has 176 valence electrons. The van der Waals surface area contributed by atoms with E-state index in [9.17, 15) is 0 Å². The largest absolute Gasteiger partial charge is 0.497 e. The van der Waals surface area contributed by atoms with Crippen molar-refractivity contribution in [3.63, 3.8) is 0 Å². The molecular weight excluding hydrogens is 434 g/mol. The van der Waals surface area contributed by atoms with Crippen molar-refractivity contribution in [1.82, 2.24) is 0 Å². The van der Waals surface area contributed by atoms with Crippen molar-refractivity contribution in [2.75, 3.05) is 23.9 Å². The molecule has 4 aromatic rings. The maximum Gasteiger partial charge on any atom is 0.164 e. The summed E-state index contributed by atoms with van der Waals surface area (Å²) < 4.78 is 5.30. The number of methoxy groups -OCH3 is 1. The normalized spacial score (nSPS) is 16.8. The van der Waals surface area contributed by atoms with E-state index in [-0.39, 0.29) is 12.0 Å². The Labute approximate surface area is 206 Å². The molecule has 5 rings (SSSR count). The van der Waals surface area contributed by atoms with Gasteiger partial charge in [0, 0.05) is 23.6 Å². The summed E-state index contributed by atoms with van der Waals surface area (Å²) in [5, 5.41) is 8.27. The molecule has 0 bridgehead atoms. The summed E-state index contributed by atoms with van der Waals surface area (Å²) in [6, 6.07) is 37.1. The molecule has 1 aliphatic heterocycles. The van der Waals surface area contributed by atoms with E-state index < -0.39 is 0 Å². The van der Waals surface area contributed by atoms with Crippen molar-refractivity contribution < 1.29 is 9.57 Å². The number of ether oxygens (including phenoxy) is 1. The quantitative estimate of drug-likeness (QED) is 0.322. The van der Waals surface area contributed by atoms with E-state index in [0.717, 1.165) is 34.2 Å². The van der Waals surface area contributed by atoms with Gasteiger partial charge in [-0.3, -0.25) is 4.90 Å². The van der Waals surface area contributed by atoms with E-state index >= 15 is 0 Å². The zero-order valence-corrected chi connectivity index (χ0v) is 20.0. The van der Waals surface area contributed by atoms with Crippen molar-refractivity contribution in [2.45, 2.75) is 13.0 Å². The molecule has 35 heavy (non-hydrogen) atoms. The maximum absolute atomic E-state index is 6.14. The van der Waals surface area contributed by atoms with Gasteiger partial charge in [0.05, 0.1) is 13.0 Å². The molecule has 5 nitrogen and oxygen atoms in total. The van der Waals surface area contributed by atoms with Crippen LogP contribution in [-0.2, 0) is 4.84 Å². The predicted molar refractivity (Wildman–Crippen MR) is 142 cm³/mol. The number of aryl methyl sites for hydroxylation is 1. The first kappa shape index (κ1) is 22.5. The molecule has 0 amide bonds. The SMILES string of the molecule is COc1ccc(NCC2C(N(c3ccccc3)c3ccccc3)=NOC2c2ccc(C)cc2)cc1. The van der Waals surface area contributed by atoms with E-state index in [2.05, 4.69) is 70.8 Å². The predicted octanol–water partition coefficient (Wildman–Crippen LogP) is 6.96. The van der Waals surface area contributed by atoms with Crippen molar-refractivity contribution in [1.29, 1.82) is 0 Å². The Balaban J connectivity index is 1.50. The monoisotopic (exact) mass is 463 g/mol. The number of nitrogens with one attached hydrogen (secondary N) is 1. The molecule has 0 fully saturated rings.